The second kappa shape index (κ2) is 5.47. The monoisotopic (exact) mass is 269 g/mol. The van der Waals surface area contributed by atoms with Gasteiger partial charge in [-0.15, -0.1) is 0 Å². The molecule has 4 heteroatoms. The summed E-state index contributed by atoms with van der Waals surface area (Å²) in [4.78, 5) is 4.27. The number of halogens is 1. The maximum atomic E-state index is 4.27. The molecule has 0 unspecified atom stereocenters. The molecule has 2 N–H and O–H groups in total. The number of hydrogen-bond acceptors (Lipinski definition) is 3. The molecule has 82 valence electrons. The van der Waals surface area contributed by atoms with Crippen LogP contribution in [-0.2, 0) is 0 Å². The van der Waals surface area contributed by atoms with Gasteiger partial charge in [-0.1, -0.05) is 15.9 Å². The molecule has 0 aliphatic carbocycles. The fraction of sp³-hybridized carbons (Fsp3) is 0.545. The SMILES string of the molecule is Brc1ccnc(NCC2CCNCC2)c1. The van der Waals surface area contributed by atoms with E-state index in [1.165, 1.54) is 12.8 Å². The van der Waals surface area contributed by atoms with E-state index in [0.717, 1.165) is 35.8 Å². The molecular formula is C11H16BrN3. The molecule has 3 nitrogen and oxygen atoms in total. The number of rotatable bonds is 3. The lowest BCUT2D eigenvalue weighted by Gasteiger charge is -2.22. The molecule has 2 heterocycles. The van der Waals surface area contributed by atoms with Crippen molar-refractivity contribution >= 4 is 21.7 Å². The Balaban J connectivity index is 1.81. The molecule has 0 aromatic carbocycles. The van der Waals surface area contributed by atoms with Crippen molar-refractivity contribution in [2.45, 2.75) is 12.8 Å². The van der Waals surface area contributed by atoms with Crippen molar-refractivity contribution in [2.75, 3.05) is 25.0 Å². The van der Waals surface area contributed by atoms with Crippen molar-refractivity contribution in [3.05, 3.63) is 22.8 Å². The van der Waals surface area contributed by atoms with E-state index < -0.39 is 0 Å². The predicted molar refractivity (Wildman–Crippen MR) is 66.0 cm³/mol. The summed E-state index contributed by atoms with van der Waals surface area (Å²) >= 11 is 3.44. The van der Waals surface area contributed by atoms with Crippen LogP contribution in [0.3, 0.4) is 0 Å². The van der Waals surface area contributed by atoms with Gasteiger partial charge in [0.15, 0.2) is 0 Å². The van der Waals surface area contributed by atoms with Crippen LogP contribution in [0, 0.1) is 5.92 Å². The summed E-state index contributed by atoms with van der Waals surface area (Å²) in [6, 6.07) is 3.96. The fourth-order valence-electron chi connectivity index (χ4n) is 1.84. The van der Waals surface area contributed by atoms with Crippen LogP contribution in [0.2, 0.25) is 0 Å². The molecule has 1 aromatic heterocycles. The van der Waals surface area contributed by atoms with Crippen molar-refractivity contribution in [1.82, 2.24) is 10.3 Å². The third kappa shape index (κ3) is 3.47. The highest BCUT2D eigenvalue weighted by atomic mass is 79.9. The van der Waals surface area contributed by atoms with Gasteiger partial charge in [0, 0.05) is 17.2 Å². The van der Waals surface area contributed by atoms with E-state index in [4.69, 9.17) is 0 Å². The van der Waals surface area contributed by atoms with E-state index >= 15 is 0 Å². The quantitative estimate of drug-likeness (QED) is 0.884. The van der Waals surface area contributed by atoms with Crippen LogP contribution >= 0.6 is 15.9 Å². The predicted octanol–water partition coefficient (Wildman–Crippen LogP) is 2.26. The average Bonchev–Trinajstić information content (AvgIpc) is 2.28. The fourth-order valence-corrected chi connectivity index (χ4v) is 2.17. The highest BCUT2D eigenvalue weighted by Gasteiger charge is 2.12. The van der Waals surface area contributed by atoms with Crippen molar-refractivity contribution in [3.63, 3.8) is 0 Å². The van der Waals surface area contributed by atoms with Crippen LogP contribution in [0.15, 0.2) is 22.8 Å². The molecular weight excluding hydrogens is 254 g/mol. The Kier molecular flexibility index (Phi) is 3.97. The van der Waals surface area contributed by atoms with E-state index in [-0.39, 0.29) is 0 Å². The van der Waals surface area contributed by atoms with Gasteiger partial charge in [0.25, 0.3) is 0 Å². The number of nitrogens with one attached hydrogen (secondary N) is 2. The van der Waals surface area contributed by atoms with Crippen LogP contribution in [0.5, 0.6) is 0 Å². The molecule has 0 bridgehead atoms. The van der Waals surface area contributed by atoms with Gasteiger partial charge in [0.1, 0.15) is 5.82 Å². The second-order valence-corrected chi connectivity index (χ2v) is 4.85. The van der Waals surface area contributed by atoms with Gasteiger partial charge in [0.05, 0.1) is 0 Å². The smallest absolute Gasteiger partial charge is 0.127 e. The topological polar surface area (TPSA) is 37.0 Å². The minimum atomic E-state index is 0.784. The number of aromatic nitrogens is 1. The standard InChI is InChI=1S/C11H16BrN3/c12-10-3-6-14-11(7-10)15-8-9-1-4-13-5-2-9/h3,6-7,9,13H,1-2,4-5,8H2,(H,14,15). The van der Waals surface area contributed by atoms with Crippen molar-refractivity contribution < 1.29 is 0 Å². The van der Waals surface area contributed by atoms with Gasteiger partial charge in [0.2, 0.25) is 0 Å². The summed E-state index contributed by atoms with van der Waals surface area (Å²) in [6.07, 6.45) is 4.34. The highest BCUT2D eigenvalue weighted by Crippen LogP contribution is 2.15. The third-order valence-corrected chi connectivity index (χ3v) is 3.25. The summed E-state index contributed by atoms with van der Waals surface area (Å²) < 4.78 is 1.07. The lowest BCUT2D eigenvalue weighted by atomic mass is 9.98. The molecule has 1 aliphatic rings. The Morgan fingerprint density at radius 1 is 1.47 bits per heavy atom. The molecule has 0 atom stereocenters. The zero-order chi connectivity index (χ0) is 10.5. The Labute approximate surface area is 98.8 Å². The second-order valence-electron chi connectivity index (χ2n) is 3.93. The van der Waals surface area contributed by atoms with E-state index in [1.807, 2.05) is 18.3 Å². The largest absolute Gasteiger partial charge is 0.370 e. The van der Waals surface area contributed by atoms with Crippen molar-refractivity contribution in [3.8, 4) is 0 Å². The molecule has 0 amide bonds. The third-order valence-electron chi connectivity index (χ3n) is 2.75. The van der Waals surface area contributed by atoms with Crippen molar-refractivity contribution in [1.29, 1.82) is 0 Å². The number of piperidine rings is 1. The van der Waals surface area contributed by atoms with E-state index in [9.17, 15) is 0 Å². The first-order valence-electron chi connectivity index (χ1n) is 5.41. The van der Waals surface area contributed by atoms with Gasteiger partial charge in [-0.05, 0) is 44.0 Å². The van der Waals surface area contributed by atoms with Gasteiger partial charge in [-0.3, -0.25) is 0 Å². The van der Waals surface area contributed by atoms with Gasteiger partial charge in [-0.2, -0.15) is 0 Å². The van der Waals surface area contributed by atoms with Crippen molar-refractivity contribution in [2.24, 2.45) is 5.92 Å². The first-order valence-corrected chi connectivity index (χ1v) is 6.20. The van der Waals surface area contributed by atoms with E-state index in [2.05, 4.69) is 31.5 Å². The van der Waals surface area contributed by atoms with E-state index in [0.29, 0.717) is 0 Å². The Morgan fingerprint density at radius 3 is 3.00 bits per heavy atom. The van der Waals surface area contributed by atoms with E-state index in [1.54, 1.807) is 0 Å². The molecule has 1 aromatic rings. The zero-order valence-electron chi connectivity index (χ0n) is 8.67. The summed E-state index contributed by atoms with van der Waals surface area (Å²) in [5.74, 6) is 1.75. The molecule has 0 spiro atoms. The van der Waals surface area contributed by atoms with Crippen LogP contribution in [0.25, 0.3) is 0 Å². The van der Waals surface area contributed by atoms with Crippen LogP contribution < -0.4 is 10.6 Å². The number of nitrogens with zero attached hydrogens (tertiary/aromatic N) is 1. The van der Waals surface area contributed by atoms with Crippen LogP contribution in [0.1, 0.15) is 12.8 Å². The first kappa shape index (κ1) is 10.9. The van der Waals surface area contributed by atoms with Gasteiger partial charge < -0.3 is 10.6 Å². The highest BCUT2D eigenvalue weighted by molar-refractivity contribution is 9.10. The minimum Gasteiger partial charge on any atom is -0.370 e. The molecule has 0 radical (unpaired) electrons. The minimum absolute atomic E-state index is 0.784. The zero-order valence-corrected chi connectivity index (χ0v) is 10.3. The lowest BCUT2D eigenvalue weighted by molar-refractivity contribution is 0.389. The molecule has 2 rings (SSSR count). The summed E-state index contributed by atoms with van der Waals surface area (Å²) in [5.41, 5.74) is 0. The Morgan fingerprint density at radius 2 is 2.27 bits per heavy atom. The normalized spacial score (nSPS) is 17.7. The molecule has 1 aliphatic heterocycles. The Bertz CT molecular complexity index is 310. The maximum Gasteiger partial charge on any atom is 0.127 e. The summed E-state index contributed by atoms with van der Waals surface area (Å²) in [5, 5.41) is 6.76. The van der Waals surface area contributed by atoms with Gasteiger partial charge in [-0.25, -0.2) is 4.98 Å². The number of pyridine rings is 1. The number of hydrogen-bond donors (Lipinski definition) is 2. The molecule has 15 heavy (non-hydrogen) atoms. The number of anilines is 1. The summed E-state index contributed by atoms with van der Waals surface area (Å²) in [6.45, 7) is 3.33. The van der Waals surface area contributed by atoms with Gasteiger partial charge >= 0.3 is 0 Å². The lowest BCUT2D eigenvalue weighted by Crippen LogP contribution is -2.31. The first-order chi connectivity index (χ1) is 7.34. The molecule has 0 saturated carbocycles. The molecule has 1 saturated heterocycles. The average molecular weight is 270 g/mol. The molecule has 1 fully saturated rings. The van der Waals surface area contributed by atoms with Crippen LogP contribution in [0.4, 0.5) is 5.82 Å². The Hall–Kier alpha value is -0.610. The summed E-state index contributed by atoms with van der Waals surface area (Å²) in [7, 11) is 0. The maximum absolute atomic E-state index is 4.27. The van der Waals surface area contributed by atoms with Crippen LogP contribution in [-0.4, -0.2) is 24.6 Å².